The molecular weight excluding hydrogens is 164 g/mol. The van der Waals surface area contributed by atoms with Crippen LogP contribution in [0.25, 0.3) is 5.65 Å². The van der Waals surface area contributed by atoms with Crippen molar-refractivity contribution in [3.63, 3.8) is 0 Å². The third kappa shape index (κ3) is 1.66. The fourth-order valence-corrected chi connectivity index (χ4v) is 1.22. The number of rotatable bonds is 3. The molecule has 0 unspecified atom stereocenters. The molecule has 4 nitrogen and oxygen atoms in total. The van der Waals surface area contributed by atoms with Crippen molar-refractivity contribution in [1.29, 1.82) is 0 Å². The van der Waals surface area contributed by atoms with Gasteiger partial charge in [-0.1, -0.05) is 13.3 Å². The van der Waals surface area contributed by atoms with Crippen LogP contribution in [0.5, 0.6) is 0 Å². The van der Waals surface area contributed by atoms with Crippen LogP contribution in [0.15, 0.2) is 18.3 Å². The maximum atomic E-state index is 4.34. The Kier molecular flexibility index (Phi) is 2.21. The van der Waals surface area contributed by atoms with Crippen molar-refractivity contribution >= 4 is 5.65 Å². The molecule has 0 aliphatic rings. The summed E-state index contributed by atoms with van der Waals surface area (Å²) in [5.41, 5.74) is 0.827. The van der Waals surface area contributed by atoms with E-state index < -0.39 is 0 Å². The van der Waals surface area contributed by atoms with E-state index in [2.05, 4.69) is 22.1 Å². The van der Waals surface area contributed by atoms with E-state index in [9.17, 15) is 0 Å². The van der Waals surface area contributed by atoms with Gasteiger partial charge in [-0.2, -0.15) is 5.10 Å². The summed E-state index contributed by atoms with van der Waals surface area (Å²) in [6.45, 7) is 2.16. The summed E-state index contributed by atoms with van der Waals surface area (Å²) in [6.07, 6.45) is 4.96. The molecule has 0 radical (unpaired) electrons. The van der Waals surface area contributed by atoms with Gasteiger partial charge in [-0.05, 0) is 18.6 Å². The van der Waals surface area contributed by atoms with Crippen molar-refractivity contribution in [2.24, 2.45) is 0 Å². The molecule has 0 fully saturated rings. The van der Waals surface area contributed by atoms with Crippen LogP contribution in [0.2, 0.25) is 0 Å². The Morgan fingerprint density at radius 2 is 2.38 bits per heavy atom. The summed E-state index contributed by atoms with van der Waals surface area (Å²) < 4.78 is 1.57. The normalized spacial score (nSPS) is 10.8. The van der Waals surface area contributed by atoms with Gasteiger partial charge in [0.15, 0.2) is 11.5 Å². The van der Waals surface area contributed by atoms with Gasteiger partial charge in [0.1, 0.15) is 0 Å². The van der Waals surface area contributed by atoms with Crippen molar-refractivity contribution in [2.45, 2.75) is 26.2 Å². The molecule has 2 aromatic rings. The van der Waals surface area contributed by atoms with Gasteiger partial charge >= 0.3 is 0 Å². The third-order valence-electron chi connectivity index (χ3n) is 1.92. The first kappa shape index (κ1) is 8.16. The topological polar surface area (TPSA) is 43.1 Å². The van der Waals surface area contributed by atoms with Crippen LogP contribution in [0.1, 0.15) is 25.6 Å². The first-order valence-electron chi connectivity index (χ1n) is 4.57. The van der Waals surface area contributed by atoms with Crippen molar-refractivity contribution in [3.8, 4) is 0 Å². The van der Waals surface area contributed by atoms with E-state index in [0.717, 1.165) is 24.3 Å². The summed E-state index contributed by atoms with van der Waals surface area (Å²) >= 11 is 0. The molecule has 0 saturated carbocycles. The van der Waals surface area contributed by atoms with Crippen molar-refractivity contribution < 1.29 is 0 Å². The molecule has 0 N–H and O–H groups in total. The fourth-order valence-electron chi connectivity index (χ4n) is 1.22. The lowest BCUT2D eigenvalue weighted by Crippen LogP contribution is -1.92. The van der Waals surface area contributed by atoms with Gasteiger partial charge in [-0.3, -0.25) is 0 Å². The zero-order valence-electron chi connectivity index (χ0n) is 7.64. The van der Waals surface area contributed by atoms with E-state index in [0.29, 0.717) is 0 Å². The Labute approximate surface area is 76.6 Å². The smallest absolute Gasteiger partial charge is 0.176 e. The van der Waals surface area contributed by atoms with Gasteiger partial charge in [0.05, 0.1) is 0 Å². The average molecular weight is 176 g/mol. The Morgan fingerprint density at radius 1 is 1.46 bits per heavy atom. The second kappa shape index (κ2) is 3.51. The van der Waals surface area contributed by atoms with Gasteiger partial charge in [-0.15, -0.1) is 9.73 Å². The van der Waals surface area contributed by atoms with Crippen LogP contribution in [-0.4, -0.2) is 19.8 Å². The lowest BCUT2D eigenvalue weighted by molar-refractivity contribution is 0.722. The molecule has 0 aliphatic carbocycles. The number of aryl methyl sites for hydroxylation is 1. The summed E-state index contributed by atoms with van der Waals surface area (Å²) in [5, 5.41) is 8.30. The van der Waals surface area contributed by atoms with Gasteiger partial charge in [-0.25, -0.2) is 4.98 Å². The van der Waals surface area contributed by atoms with Gasteiger partial charge in [0.25, 0.3) is 0 Å². The highest BCUT2D eigenvalue weighted by atomic mass is 15.4. The molecule has 2 heterocycles. The maximum Gasteiger partial charge on any atom is 0.176 e. The largest absolute Gasteiger partial charge is 0.210 e. The van der Waals surface area contributed by atoms with Gasteiger partial charge in [0, 0.05) is 12.6 Å². The van der Waals surface area contributed by atoms with E-state index in [1.807, 2.05) is 12.1 Å². The number of hydrogen-bond donors (Lipinski definition) is 0. The molecule has 0 aromatic carbocycles. The molecule has 0 saturated heterocycles. The van der Waals surface area contributed by atoms with E-state index in [4.69, 9.17) is 0 Å². The van der Waals surface area contributed by atoms with Crippen LogP contribution < -0.4 is 0 Å². The zero-order chi connectivity index (χ0) is 9.10. The second-order valence-electron chi connectivity index (χ2n) is 3.00. The Morgan fingerprint density at radius 3 is 3.15 bits per heavy atom. The number of nitrogens with zero attached hydrogens (tertiary/aromatic N) is 4. The third-order valence-corrected chi connectivity index (χ3v) is 1.92. The average Bonchev–Trinajstić information content (AvgIpc) is 2.57. The molecule has 0 atom stereocenters. The van der Waals surface area contributed by atoms with Crippen LogP contribution in [-0.2, 0) is 6.42 Å². The molecule has 2 aromatic heterocycles. The lowest BCUT2D eigenvalue weighted by atomic mass is 10.2. The van der Waals surface area contributed by atoms with Gasteiger partial charge in [0.2, 0.25) is 0 Å². The minimum atomic E-state index is 0.827. The Bertz CT molecular complexity index is 360. The van der Waals surface area contributed by atoms with Crippen LogP contribution >= 0.6 is 0 Å². The Balaban J connectivity index is 2.28. The standard InChI is InChI=1S/C9H12N4/c1-2-3-5-8-11-9-6-4-7-10-13(9)12-8/h4,6-7H,2-3,5H2,1H3. The molecule has 0 amide bonds. The quantitative estimate of drug-likeness (QED) is 0.711. The molecular formula is C9H12N4. The minimum absolute atomic E-state index is 0.827. The number of hydrogen-bond acceptors (Lipinski definition) is 3. The summed E-state index contributed by atoms with van der Waals surface area (Å²) in [6, 6.07) is 3.78. The predicted octanol–water partition coefficient (Wildman–Crippen LogP) is 1.47. The Hall–Kier alpha value is -1.45. The molecule has 68 valence electrons. The SMILES string of the molecule is CCCCc1nc2cccnn2n1. The molecule has 2 rings (SSSR count). The van der Waals surface area contributed by atoms with Crippen molar-refractivity contribution in [2.75, 3.05) is 0 Å². The molecule has 4 heteroatoms. The minimum Gasteiger partial charge on any atom is -0.210 e. The van der Waals surface area contributed by atoms with E-state index in [1.165, 1.54) is 6.42 Å². The van der Waals surface area contributed by atoms with E-state index in [-0.39, 0.29) is 0 Å². The first-order valence-corrected chi connectivity index (χ1v) is 4.57. The maximum absolute atomic E-state index is 4.34. The molecule has 0 aliphatic heterocycles. The molecule has 13 heavy (non-hydrogen) atoms. The summed E-state index contributed by atoms with van der Waals surface area (Å²) in [4.78, 5) is 4.34. The fraction of sp³-hybridized carbons (Fsp3) is 0.444. The number of aromatic nitrogens is 4. The highest BCUT2D eigenvalue weighted by Gasteiger charge is 2.01. The summed E-state index contributed by atoms with van der Waals surface area (Å²) in [7, 11) is 0. The van der Waals surface area contributed by atoms with Crippen LogP contribution in [0.3, 0.4) is 0 Å². The second-order valence-corrected chi connectivity index (χ2v) is 3.00. The number of fused-ring (bicyclic) bond motifs is 1. The van der Waals surface area contributed by atoms with Gasteiger partial charge < -0.3 is 0 Å². The van der Waals surface area contributed by atoms with Crippen molar-refractivity contribution in [1.82, 2.24) is 19.8 Å². The van der Waals surface area contributed by atoms with E-state index >= 15 is 0 Å². The summed E-state index contributed by atoms with van der Waals surface area (Å²) in [5.74, 6) is 0.889. The molecule has 0 spiro atoms. The highest BCUT2D eigenvalue weighted by Crippen LogP contribution is 2.01. The van der Waals surface area contributed by atoms with Crippen molar-refractivity contribution in [3.05, 3.63) is 24.2 Å². The first-order chi connectivity index (χ1) is 6.40. The molecule has 0 bridgehead atoms. The predicted molar refractivity (Wildman–Crippen MR) is 49.4 cm³/mol. The lowest BCUT2D eigenvalue weighted by Gasteiger charge is -1.88. The van der Waals surface area contributed by atoms with Crippen LogP contribution in [0.4, 0.5) is 0 Å². The highest BCUT2D eigenvalue weighted by molar-refractivity contribution is 5.34. The zero-order valence-corrected chi connectivity index (χ0v) is 7.64. The van der Waals surface area contributed by atoms with Crippen LogP contribution in [0, 0.1) is 0 Å². The number of unbranched alkanes of at least 4 members (excludes halogenated alkanes) is 1. The monoisotopic (exact) mass is 176 g/mol. The van der Waals surface area contributed by atoms with E-state index in [1.54, 1.807) is 10.8 Å².